The van der Waals surface area contributed by atoms with Gasteiger partial charge in [0.05, 0.1) is 31.0 Å². The number of ether oxygens (including phenoxy) is 4. The number of hydrogen-bond donors (Lipinski definition) is 1. The summed E-state index contributed by atoms with van der Waals surface area (Å²) in [6, 6.07) is -0.222. The molecule has 0 bridgehead atoms. The van der Waals surface area contributed by atoms with E-state index in [0.717, 1.165) is 19.5 Å². The quantitative estimate of drug-likeness (QED) is 0.318. The van der Waals surface area contributed by atoms with E-state index in [-0.39, 0.29) is 42.4 Å². The Hall–Kier alpha value is -1.67. The van der Waals surface area contributed by atoms with E-state index in [9.17, 15) is 19.5 Å². The van der Waals surface area contributed by atoms with Crippen molar-refractivity contribution < 1.29 is 38.4 Å². The molecule has 2 aliphatic rings. The molecule has 0 saturated carbocycles. The molecule has 2 saturated heterocycles. The minimum absolute atomic E-state index is 0.0263. The van der Waals surface area contributed by atoms with E-state index >= 15 is 0 Å². The number of aliphatic hydroxyl groups excluding tert-OH is 1. The van der Waals surface area contributed by atoms with Crippen LogP contribution in [-0.4, -0.2) is 160 Å². The first-order valence-electron chi connectivity index (χ1n) is 17.3. The second-order valence-corrected chi connectivity index (χ2v) is 15.5. The summed E-state index contributed by atoms with van der Waals surface area (Å²) in [7, 11) is 13.1. The minimum atomic E-state index is -1.46. The highest BCUT2D eigenvalue weighted by atomic mass is 16.7. The summed E-state index contributed by atoms with van der Waals surface area (Å²) in [5, 5.41) is 11.3. The highest BCUT2D eigenvalue weighted by molar-refractivity contribution is 6.04. The molecule has 274 valence electrons. The minimum Gasteiger partial charge on any atom is -0.465 e. The third kappa shape index (κ3) is 11.2. The first-order chi connectivity index (χ1) is 21.7. The summed E-state index contributed by atoms with van der Waals surface area (Å²) in [6.07, 6.45) is 0.214. The fourth-order valence-electron chi connectivity index (χ4n) is 7.24. The Morgan fingerprint density at radius 2 is 1.70 bits per heavy atom. The van der Waals surface area contributed by atoms with Crippen molar-refractivity contribution in [2.45, 2.75) is 116 Å². The second-order valence-electron chi connectivity index (χ2n) is 15.5. The van der Waals surface area contributed by atoms with Crippen LogP contribution in [0.5, 0.6) is 0 Å². The van der Waals surface area contributed by atoms with E-state index in [1.165, 1.54) is 0 Å². The van der Waals surface area contributed by atoms with Crippen LogP contribution in [-0.2, 0) is 33.3 Å². The molecular weight excluding hydrogens is 604 g/mol. The van der Waals surface area contributed by atoms with Crippen LogP contribution in [0.1, 0.15) is 73.6 Å². The van der Waals surface area contributed by atoms with Crippen molar-refractivity contribution in [3.63, 3.8) is 0 Å². The molecule has 2 aliphatic heterocycles. The molecule has 2 rings (SSSR count). The summed E-state index contributed by atoms with van der Waals surface area (Å²) >= 11 is 0. The van der Waals surface area contributed by atoms with Crippen LogP contribution in [0, 0.1) is 17.3 Å². The largest absolute Gasteiger partial charge is 0.465 e. The number of hydrogen-bond acceptors (Lipinski definition) is 11. The number of rotatable bonds is 7. The lowest BCUT2D eigenvalue weighted by Gasteiger charge is -2.47. The maximum Gasteiger partial charge on any atom is 0.319 e. The van der Waals surface area contributed by atoms with E-state index in [2.05, 4.69) is 18.9 Å². The van der Waals surface area contributed by atoms with Gasteiger partial charge in [0.2, 0.25) is 5.91 Å². The number of cyclic esters (lactones) is 1. The van der Waals surface area contributed by atoms with Gasteiger partial charge >= 0.3 is 5.97 Å². The Kier molecular flexibility index (Phi) is 15.7. The van der Waals surface area contributed by atoms with Crippen molar-refractivity contribution in [3.05, 3.63) is 0 Å². The molecule has 47 heavy (non-hydrogen) atoms. The van der Waals surface area contributed by atoms with Crippen LogP contribution >= 0.6 is 0 Å². The van der Waals surface area contributed by atoms with E-state index in [4.69, 9.17) is 18.9 Å². The third-order valence-corrected chi connectivity index (χ3v) is 10.1. The maximum atomic E-state index is 14.2. The van der Waals surface area contributed by atoms with Crippen molar-refractivity contribution in [1.29, 1.82) is 0 Å². The number of ketones is 1. The smallest absolute Gasteiger partial charge is 0.319 e. The summed E-state index contributed by atoms with van der Waals surface area (Å²) in [4.78, 5) is 48.5. The average molecular weight is 671 g/mol. The number of amides is 1. The Bertz CT molecular complexity index is 1030. The topological polar surface area (TPSA) is 121 Å². The lowest BCUT2D eigenvalue weighted by atomic mass is 9.74. The second kappa shape index (κ2) is 17.8. The van der Waals surface area contributed by atoms with Crippen LogP contribution in [0.15, 0.2) is 0 Å². The zero-order valence-electron chi connectivity index (χ0n) is 31.6. The van der Waals surface area contributed by atoms with Gasteiger partial charge in [-0.2, -0.15) is 0 Å². The number of aliphatic hydroxyl groups is 1. The van der Waals surface area contributed by atoms with E-state index in [1.54, 1.807) is 27.9 Å². The van der Waals surface area contributed by atoms with Crippen molar-refractivity contribution in [2.75, 3.05) is 75.6 Å². The van der Waals surface area contributed by atoms with Crippen LogP contribution < -0.4 is 0 Å². The maximum absolute atomic E-state index is 14.2. The van der Waals surface area contributed by atoms with Crippen LogP contribution in [0.2, 0.25) is 0 Å². The first kappa shape index (κ1) is 41.5. The number of Topliss-reactive ketones (excluding diaryl/α,β-unsaturated/α-hetero) is 1. The molecular formula is C35H66N4O8. The molecule has 2 heterocycles. The Labute approximate surface area is 284 Å². The fraction of sp³-hybridized carbons (Fsp3) is 0.914. The standard InChI is InChI=1S/C35H66N4O8/c1-23-20-35(6,44-13)31(47-32-29(41)27(37(9)10)19-24(2)46-32)25(3)30(42)34(4,5)33(43)45-18-14-15-26(16-17-38(11)21-23)39(12)28(40)22-36(7)8/h23-27,29,31-32,41H,14-22H2,1-13H3/t23-,24-,25+,26?,27+,29-,31-,32+,35-/m1/s1. The lowest BCUT2D eigenvalue weighted by Crippen LogP contribution is -2.59. The fourth-order valence-corrected chi connectivity index (χ4v) is 7.24. The van der Waals surface area contributed by atoms with Gasteiger partial charge < -0.3 is 43.7 Å². The molecule has 1 amide bonds. The highest BCUT2D eigenvalue weighted by Gasteiger charge is 2.51. The number of carbonyl (C=O) groups is 3. The predicted octanol–water partition coefficient (Wildman–Crippen LogP) is 2.51. The van der Waals surface area contributed by atoms with Gasteiger partial charge in [0.25, 0.3) is 0 Å². The van der Waals surface area contributed by atoms with Gasteiger partial charge in [-0.05, 0) is 108 Å². The van der Waals surface area contributed by atoms with Gasteiger partial charge in [-0.3, -0.25) is 14.4 Å². The number of nitrogens with zero attached hydrogens (tertiary/aromatic N) is 4. The Morgan fingerprint density at radius 1 is 1.06 bits per heavy atom. The van der Waals surface area contributed by atoms with Crippen LogP contribution in [0.3, 0.4) is 0 Å². The average Bonchev–Trinajstić information content (AvgIpc) is 2.98. The Balaban J connectivity index is 2.47. The zero-order valence-corrected chi connectivity index (χ0v) is 31.6. The van der Waals surface area contributed by atoms with Crippen molar-refractivity contribution in [2.24, 2.45) is 17.3 Å². The third-order valence-electron chi connectivity index (χ3n) is 10.1. The number of likely N-dealkylation sites (N-methyl/N-ethyl adjacent to an activating group) is 3. The normalized spacial score (nSPS) is 35.8. The van der Waals surface area contributed by atoms with Gasteiger partial charge in [-0.25, -0.2) is 0 Å². The summed E-state index contributed by atoms with van der Waals surface area (Å²) in [5.74, 6) is -1.56. The SMILES string of the molecule is CO[C@]1(C)C[C@@H](C)CN(C)CCC(N(C)C(=O)CN(C)C)CCCOC(=O)C(C)(C)C(=O)[C@H](C)[C@H]1O[C@@H]1O[C@H](C)C[C@H](N(C)C)[C@H]1O. The van der Waals surface area contributed by atoms with Gasteiger partial charge in [-0.15, -0.1) is 0 Å². The van der Waals surface area contributed by atoms with Crippen LogP contribution in [0.25, 0.3) is 0 Å². The molecule has 9 atom stereocenters. The van der Waals surface area contributed by atoms with Gasteiger partial charge in [0.1, 0.15) is 11.5 Å². The van der Waals surface area contributed by atoms with Crippen molar-refractivity contribution in [3.8, 4) is 0 Å². The van der Waals surface area contributed by atoms with E-state index in [0.29, 0.717) is 32.2 Å². The molecule has 1 N–H and O–H groups in total. The first-order valence-corrected chi connectivity index (χ1v) is 17.3. The summed E-state index contributed by atoms with van der Waals surface area (Å²) in [5.41, 5.74) is -2.43. The summed E-state index contributed by atoms with van der Waals surface area (Å²) < 4.78 is 24.7. The highest BCUT2D eigenvalue weighted by Crippen LogP contribution is 2.38. The predicted molar refractivity (Wildman–Crippen MR) is 182 cm³/mol. The van der Waals surface area contributed by atoms with E-state index in [1.807, 2.05) is 63.8 Å². The molecule has 2 fully saturated rings. The molecule has 0 spiro atoms. The number of carbonyl (C=O) groups excluding carboxylic acids is 3. The molecule has 0 aromatic heterocycles. The monoisotopic (exact) mass is 670 g/mol. The zero-order chi connectivity index (χ0) is 35.9. The molecule has 12 nitrogen and oxygen atoms in total. The van der Waals surface area contributed by atoms with Gasteiger partial charge in [0.15, 0.2) is 12.1 Å². The number of esters is 1. The molecule has 0 aliphatic carbocycles. The van der Waals surface area contributed by atoms with E-state index < -0.39 is 41.4 Å². The number of methoxy groups -OCH3 is 1. The van der Waals surface area contributed by atoms with Crippen molar-refractivity contribution >= 4 is 17.7 Å². The van der Waals surface area contributed by atoms with Gasteiger partial charge in [-0.1, -0.05) is 13.8 Å². The van der Waals surface area contributed by atoms with Crippen LogP contribution in [0.4, 0.5) is 0 Å². The van der Waals surface area contributed by atoms with Crippen molar-refractivity contribution in [1.82, 2.24) is 19.6 Å². The summed E-state index contributed by atoms with van der Waals surface area (Å²) in [6.45, 7) is 13.0. The van der Waals surface area contributed by atoms with Gasteiger partial charge in [0, 0.05) is 38.7 Å². The molecule has 0 aromatic rings. The Morgan fingerprint density at radius 3 is 2.28 bits per heavy atom. The lowest BCUT2D eigenvalue weighted by molar-refractivity contribution is -0.295. The molecule has 0 aromatic carbocycles. The molecule has 12 heteroatoms. The molecule has 1 unspecified atom stereocenters. The molecule has 0 radical (unpaired) electrons.